The molecule has 2 aromatic carbocycles. The molecule has 1 aliphatic rings. The predicted octanol–water partition coefficient (Wildman–Crippen LogP) is 4.28. The molecule has 0 unspecified atom stereocenters. The number of hydrogen-bond donors (Lipinski definition) is 2. The first-order chi connectivity index (χ1) is 15.9. The second-order valence-corrected chi connectivity index (χ2v) is 7.92. The van der Waals surface area contributed by atoms with Crippen molar-refractivity contribution in [1.82, 2.24) is 0 Å². The van der Waals surface area contributed by atoms with Crippen LogP contribution in [0.1, 0.15) is 30.1 Å². The Morgan fingerprint density at radius 2 is 1.79 bits per heavy atom. The number of anilines is 3. The first-order valence-corrected chi connectivity index (χ1v) is 10.7. The highest BCUT2D eigenvalue weighted by molar-refractivity contribution is 6.09. The van der Waals surface area contributed by atoms with Crippen LogP contribution in [0.2, 0.25) is 0 Å². The van der Waals surface area contributed by atoms with Crippen LogP contribution in [0.15, 0.2) is 42.5 Å². The van der Waals surface area contributed by atoms with E-state index in [9.17, 15) is 19.7 Å². The zero-order valence-electron chi connectivity index (χ0n) is 18.7. The highest BCUT2D eigenvalue weighted by Crippen LogP contribution is 2.30. The summed E-state index contributed by atoms with van der Waals surface area (Å²) < 4.78 is 9.80. The highest BCUT2D eigenvalue weighted by atomic mass is 16.6. The zero-order chi connectivity index (χ0) is 23.8. The molecule has 2 amide bonds. The van der Waals surface area contributed by atoms with Crippen molar-refractivity contribution in [2.45, 2.75) is 19.8 Å². The topological polar surface area (TPSA) is 123 Å². The van der Waals surface area contributed by atoms with E-state index in [4.69, 9.17) is 9.47 Å². The van der Waals surface area contributed by atoms with Crippen molar-refractivity contribution in [2.24, 2.45) is 5.92 Å². The molecular weight excluding hydrogens is 428 g/mol. The van der Waals surface area contributed by atoms with Gasteiger partial charge < -0.3 is 19.7 Å². The van der Waals surface area contributed by atoms with Gasteiger partial charge in [-0.05, 0) is 43.0 Å². The van der Waals surface area contributed by atoms with E-state index < -0.39 is 16.9 Å². The van der Waals surface area contributed by atoms with E-state index in [-0.39, 0.29) is 24.5 Å². The standard InChI is InChI=1S/C23H28N4O6/c1-16-8-10-26(11-9-16)21-7-6-19(27(30)31)15-20(21)22(28)24-17-4-3-5-18(14-17)25-23(29)33-13-12-32-2/h3-7,14-16H,8-13H2,1-2H3,(H,24,28)(H,25,29). The number of rotatable bonds is 8. The number of carbonyl (C=O) groups excluding carboxylic acids is 2. The Morgan fingerprint density at radius 3 is 2.45 bits per heavy atom. The number of methoxy groups -OCH3 is 1. The Bertz CT molecular complexity index is 1000. The van der Waals surface area contributed by atoms with Gasteiger partial charge in [-0.3, -0.25) is 20.2 Å². The minimum absolute atomic E-state index is 0.115. The van der Waals surface area contributed by atoms with Gasteiger partial charge in [0.1, 0.15) is 6.61 Å². The monoisotopic (exact) mass is 456 g/mol. The van der Waals surface area contributed by atoms with Gasteiger partial charge >= 0.3 is 6.09 Å². The van der Waals surface area contributed by atoms with Crippen molar-refractivity contribution in [3.8, 4) is 0 Å². The van der Waals surface area contributed by atoms with Crippen LogP contribution in [0, 0.1) is 16.0 Å². The SMILES string of the molecule is COCCOC(=O)Nc1cccc(NC(=O)c2cc([N+](=O)[O-])ccc2N2CCC(C)CC2)c1. The molecule has 1 heterocycles. The van der Waals surface area contributed by atoms with E-state index >= 15 is 0 Å². The molecule has 1 fully saturated rings. The van der Waals surface area contributed by atoms with Crippen molar-refractivity contribution in [1.29, 1.82) is 0 Å². The number of nitrogens with one attached hydrogen (secondary N) is 2. The maximum absolute atomic E-state index is 13.1. The number of nitro groups is 1. The summed E-state index contributed by atoms with van der Waals surface area (Å²) in [5.41, 5.74) is 1.61. The van der Waals surface area contributed by atoms with Gasteiger partial charge in [-0.2, -0.15) is 0 Å². The Morgan fingerprint density at radius 1 is 1.09 bits per heavy atom. The molecule has 0 radical (unpaired) electrons. The number of non-ortho nitro benzene ring substituents is 1. The summed E-state index contributed by atoms with van der Waals surface area (Å²) in [6.45, 7) is 4.15. The van der Waals surface area contributed by atoms with Gasteiger partial charge in [-0.1, -0.05) is 13.0 Å². The Balaban J connectivity index is 1.77. The maximum atomic E-state index is 13.1. The number of piperidine rings is 1. The molecule has 10 nitrogen and oxygen atoms in total. The summed E-state index contributed by atoms with van der Waals surface area (Å²) in [6, 6.07) is 10.9. The van der Waals surface area contributed by atoms with E-state index in [0.717, 1.165) is 25.9 Å². The van der Waals surface area contributed by atoms with Gasteiger partial charge in [-0.25, -0.2) is 4.79 Å². The molecule has 0 spiro atoms. The summed E-state index contributed by atoms with van der Waals surface area (Å²) in [4.78, 5) is 37.9. The number of nitro benzene ring substituents is 1. The fourth-order valence-corrected chi connectivity index (χ4v) is 3.59. The first-order valence-electron chi connectivity index (χ1n) is 10.7. The smallest absolute Gasteiger partial charge is 0.411 e. The summed E-state index contributed by atoms with van der Waals surface area (Å²) >= 11 is 0. The summed E-state index contributed by atoms with van der Waals surface area (Å²) in [7, 11) is 1.51. The Kier molecular flexibility index (Phi) is 8.20. The van der Waals surface area contributed by atoms with Crippen LogP contribution in [0.4, 0.5) is 27.5 Å². The summed E-state index contributed by atoms with van der Waals surface area (Å²) in [5, 5.41) is 16.7. The third kappa shape index (κ3) is 6.66. The van der Waals surface area contributed by atoms with Crippen LogP contribution in [0.5, 0.6) is 0 Å². The summed E-state index contributed by atoms with van der Waals surface area (Å²) in [5.74, 6) is 0.139. The Hall–Kier alpha value is -3.66. The van der Waals surface area contributed by atoms with Crippen molar-refractivity contribution >= 4 is 34.7 Å². The molecule has 176 valence electrons. The number of hydrogen-bond acceptors (Lipinski definition) is 7. The minimum Gasteiger partial charge on any atom is -0.447 e. The third-order valence-electron chi connectivity index (χ3n) is 5.45. The lowest BCUT2D eigenvalue weighted by atomic mass is 9.98. The zero-order valence-corrected chi connectivity index (χ0v) is 18.7. The van der Waals surface area contributed by atoms with Crippen LogP contribution in [0.25, 0.3) is 0 Å². The highest BCUT2D eigenvalue weighted by Gasteiger charge is 2.23. The van der Waals surface area contributed by atoms with E-state index in [1.807, 2.05) is 0 Å². The lowest BCUT2D eigenvalue weighted by Crippen LogP contribution is -2.34. The van der Waals surface area contributed by atoms with Crippen LogP contribution >= 0.6 is 0 Å². The van der Waals surface area contributed by atoms with Crippen molar-refractivity contribution < 1.29 is 24.0 Å². The lowest BCUT2D eigenvalue weighted by Gasteiger charge is -2.33. The molecule has 3 rings (SSSR count). The number of nitrogens with zero attached hydrogens (tertiary/aromatic N) is 2. The average Bonchev–Trinajstić information content (AvgIpc) is 2.79. The van der Waals surface area contributed by atoms with Gasteiger partial charge in [0.15, 0.2) is 0 Å². The van der Waals surface area contributed by atoms with Crippen LogP contribution in [-0.2, 0) is 9.47 Å². The number of ether oxygens (including phenoxy) is 2. The molecule has 10 heteroatoms. The number of amides is 2. The first kappa shape index (κ1) is 24.0. The molecule has 2 N–H and O–H groups in total. The number of carbonyl (C=O) groups is 2. The quantitative estimate of drug-likeness (QED) is 0.345. The van der Waals surface area contributed by atoms with Crippen molar-refractivity contribution in [3.63, 3.8) is 0 Å². The molecule has 2 aromatic rings. The lowest BCUT2D eigenvalue weighted by molar-refractivity contribution is -0.384. The molecule has 1 aliphatic heterocycles. The summed E-state index contributed by atoms with van der Waals surface area (Å²) in [6.07, 6.45) is 1.34. The van der Waals surface area contributed by atoms with E-state index in [0.29, 0.717) is 23.0 Å². The normalized spacial score (nSPS) is 13.9. The molecule has 0 bridgehead atoms. The van der Waals surface area contributed by atoms with Gasteiger partial charge in [0, 0.05) is 43.7 Å². The molecule has 0 saturated carbocycles. The van der Waals surface area contributed by atoms with E-state index in [1.54, 1.807) is 30.3 Å². The molecule has 1 saturated heterocycles. The number of benzene rings is 2. The van der Waals surface area contributed by atoms with Gasteiger partial charge in [0.25, 0.3) is 11.6 Å². The van der Waals surface area contributed by atoms with Crippen molar-refractivity contribution in [3.05, 3.63) is 58.1 Å². The van der Waals surface area contributed by atoms with Gasteiger partial charge in [-0.15, -0.1) is 0 Å². The molecular formula is C23H28N4O6. The fourth-order valence-electron chi connectivity index (χ4n) is 3.59. The third-order valence-corrected chi connectivity index (χ3v) is 5.45. The van der Waals surface area contributed by atoms with Gasteiger partial charge in [0.2, 0.25) is 0 Å². The molecule has 33 heavy (non-hydrogen) atoms. The predicted molar refractivity (Wildman–Crippen MR) is 125 cm³/mol. The average molecular weight is 456 g/mol. The maximum Gasteiger partial charge on any atom is 0.411 e. The molecule has 0 atom stereocenters. The molecule has 0 aromatic heterocycles. The van der Waals surface area contributed by atoms with E-state index in [1.165, 1.54) is 19.2 Å². The van der Waals surface area contributed by atoms with Crippen molar-refractivity contribution in [2.75, 3.05) is 48.9 Å². The van der Waals surface area contributed by atoms with Crippen LogP contribution < -0.4 is 15.5 Å². The minimum atomic E-state index is -0.643. The van der Waals surface area contributed by atoms with E-state index in [2.05, 4.69) is 22.5 Å². The second-order valence-electron chi connectivity index (χ2n) is 7.92. The second kappa shape index (κ2) is 11.3. The van der Waals surface area contributed by atoms with Crippen LogP contribution in [0.3, 0.4) is 0 Å². The molecule has 0 aliphatic carbocycles. The van der Waals surface area contributed by atoms with Crippen LogP contribution in [-0.4, -0.2) is 50.3 Å². The van der Waals surface area contributed by atoms with Gasteiger partial charge in [0.05, 0.1) is 22.8 Å². The Labute approximate surface area is 192 Å². The fraction of sp³-hybridized carbons (Fsp3) is 0.391. The largest absolute Gasteiger partial charge is 0.447 e.